The number of anilines is 1. The van der Waals surface area contributed by atoms with E-state index in [2.05, 4.69) is 92.7 Å². The van der Waals surface area contributed by atoms with Gasteiger partial charge in [0.1, 0.15) is 29.5 Å². The number of likely N-dealkylation sites (N-methyl/N-ethyl adjacent to an activating group) is 1. The smallest absolute Gasteiger partial charge is 0.341 e. The fourth-order valence-corrected chi connectivity index (χ4v) is 19.5. The van der Waals surface area contributed by atoms with Crippen molar-refractivity contribution >= 4 is 160 Å². The second-order valence-electron chi connectivity index (χ2n) is 29.7. The third-order valence-corrected chi connectivity index (χ3v) is 27.1. The Morgan fingerprint density at radius 1 is 0.714 bits per heavy atom. The molecule has 2 saturated carbocycles. The number of methoxy groups -OCH3 is 1. The fourth-order valence-electron chi connectivity index (χ4n) is 17.0. The lowest BCUT2D eigenvalue weighted by atomic mass is 9.85. The molecule has 7 aromatic carbocycles. The van der Waals surface area contributed by atoms with Gasteiger partial charge >= 0.3 is 5.97 Å². The molecule has 8 atom stereocenters. The maximum Gasteiger partial charge on any atom is 0.341 e. The molecule has 10 aliphatic rings. The molecule has 2 aliphatic carbocycles. The number of ether oxygens (including phenoxy) is 8. The minimum absolute atomic E-state index is 0.00357. The number of aromatic nitrogens is 3. The first-order valence-corrected chi connectivity index (χ1v) is 40.0. The maximum atomic E-state index is 14.6. The van der Waals surface area contributed by atoms with Gasteiger partial charge in [0, 0.05) is 122 Å². The quantitative estimate of drug-likeness (QED) is 0.0702. The Bertz CT molecular complexity index is 5220. The van der Waals surface area contributed by atoms with E-state index in [-0.39, 0.29) is 72.8 Å². The Hall–Kier alpha value is -7.72. The number of carboxylic acid groups (broad SMARTS) is 1. The van der Waals surface area contributed by atoms with Crippen molar-refractivity contribution in [3.63, 3.8) is 0 Å². The minimum atomic E-state index is -1.28. The van der Waals surface area contributed by atoms with Gasteiger partial charge in [-0.15, -0.1) is 69.6 Å². The van der Waals surface area contributed by atoms with Crippen LogP contribution in [-0.4, -0.2) is 173 Å². The third kappa shape index (κ3) is 14.5. The third-order valence-electron chi connectivity index (χ3n) is 22.5. The summed E-state index contributed by atoms with van der Waals surface area (Å²) in [5, 5.41) is 30.8. The number of halogens is 8. The second kappa shape index (κ2) is 32.5. The van der Waals surface area contributed by atoms with Crippen molar-refractivity contribution in [2.45, 2.75) is 121 Å². The zero-order valence-electron chi connectivity index (χ0n) is 62.2. The number of phenols is 1. The summed E-state index contributed by atoms with van der Waals surface area (Å²) in [7, 11) is 7.14. The van der Waals surface area contributed by atoms with Crippen LogP contribution in [0.3, 0.4) is 0 Å². The highest BCUT2D eigenvalue weighted by Gasteiger charge is 2.54. The Balaban J connectivity index is 0.000000116. The van der Waals surface area contributed by atoms with Crippen LogP contribution in [0.2, 0.25) is 5.02 Å². The molecule has 6 fully saturated rings. The number of amides is 2. The highest BCUT2D eigenvalue weighted by molar-refractivity contribution is 6.45. The van der Waals surface area contributed by atoms with E-state index in [9.17, 15) is 28.7 Å². The first-order valence-electron chi connectivity index (χ1n) is 37.0. The monoisotopic (exact) mass is 1670 g/mol. The number of para-hydroxylation sites is 2. The van der Waals surface area contributed by atoms with Crippen molar-refractivity contribution in [2.75, 3.05) is 86.1 Å². The number of piperazine rings is 1. The number of phenolic OH excluding ortho intramolecular Hbond substituents is 1. The first-order chi connectivity index (χ1) is 53.8. The van der Waals surface area contributed by atoms with E-state index < -0.39 is 55.2 Å². The van der Waals surface area contributed by atoms with Crippen LogP contribution in [0.4, 0.5) is 10.1 Å². The van der Waals surface area contributed by atoms with E-state index in [0.29, 0.717) is 55.9 Å². The van der Waals surface area contributed by atoms with E-state index in [1.165, 1.54) is 17.2 Å². The van der Waals surface area contributed by atoms with Gasteiger partial charge in [-0.3, -0.25) is 14.4 Å². The van der Waals surface area contributed by atoms with Crippen LogP contribution in [0.1, 0.15) is 99.2 Å². The molecule has 22 nitrogen and oxygen atoms in total. The van der Waals surface area contributed by atoms with Gasteiger partial charge in [-0.2, -0.15) is 0 Å². The number of benzene rings is 7. The summed E-state index contributed by atoms with van der Waals surface area (Å²) >= 11 is 41.1. The zero-order valence-corrected chi connectivity index (χ0v) is 67.5. The normalized spacial score (nSPS) is 26.7. The molecule has 4 saturated heterocycles. The standard InChI is InChI=1S/C28H26N4O3.C20H18O6.C17H18FN3O3.C8H9ClO.C6H6Cl6.C3H7NO/c1-28-26(34-3)17(29-2)12-20(35-28)31-18-10-6-4-8-14(18)22-23-16(13-30-27(23)33)21-15-9-5-7-11-19(15)32(28)25(21)24(22)31;1-3-15-17(25-9-23-15)5-11(1)19-13-7-22-20(14(13)8-21-19)12-2-4-16-18(6-12)26-10-24-16;18-13-7-11-14(8-15(13)20-5-3-19-4-6-20)21(10-1-2-10)9-12(16(11)22)17(23)24;1-5-3-7(10)4-6(2)8(5)9;7-1-2(8)4(10)6(12)5(11)3(1)9;1-4(2)3-5/h4-11,17,20,26,29H,12-13H2,1-3H3,(H,30,33);1-6,13-14,19-20H,7-10H2;7-10,19H,1-6H2,(H,23,24);3-4,10H,1-2H3;1-6H;3H,1-2H3/t17-,20-,26-,28+;13-,14-,19+,20+;;;;/m00..../s1. The average Bonchev–Trinajstić information content (AvgIpc) is 1.50. The molecular formula is C82H84Cl7FN8O14. The van der Waals surface area contributed by atoms with Crippen LogP contribution in [0, 0.1) is 31.5 Å². The van der Waals surface area contributed by atoms with E-state index in [1.807, 2.05) is 54.6 Å². The van der Waals surface area contributed by atoms with Crippen molar-refractivity contribution < 1.29 is 66.9 Å². The molecule has 2 bridgehead atoms. The number of fused-ring (bicyclic) bond motifs is 17. The van der Waals surface area contributed by atoms with Crippen molar-refractivity contribution in [3.8, 4) is 28.7 Å². The lowest BCUT2D eigenvalue weighted by Crippen LogP contribution is -2.59. The number of carboxylic acids is 1. The Labute approximate surface area is 679 Å². The van der Waals surface area contributed by atoms with E-state index >= 15 is 0 Å². The summed E-state index contributed by atoms with van der Waals surface area (Å²) in [5.74, 6) is 2.35. The van der Waals surface area contributed by atoms with Gasteiger partial charge in [-0.1, -0.05) is 60.1 Å². The van der Waals surface area contributed by atoms with Crippen LogP contribution in [0.25, 0.3) is 54.5 Å². The topological polar surface area (TPSA) is 240 Å². The number of pyridine rings is 1. The van der Waals surface area contributed by atoms with Gasteiger partial charge in [0.05, 0.1) is 96.5 Å². The highest BCUT2D eigenvalue weighted by atomic mass is 35.5. The second-order valence-corrected chi connectivity index (χ2v) is 33.1. The summed E-state index contributed by atoms with van der Waals surface area (Å²) in [4.78, 5) is 49.9. The van der Waals surface area contributed by atoms with Crippen LogP contribution in [-0.2, 0) is 36.0 Å². The molecular weight excluding hydrogens is 1590 g/mol. The molecule has 11 heterocycles. The molecule has 20 rings (SSSR count). The van der Waals surface area contributed by atoms with Crippen LogP contribution in [0.5, 0.6) is 28.7 Å². The number of rotatable bonds is 8. The lowest BCUT2D eigenvalue weighted by molar-refractivity contribution is -0.256. The summed E-state index contributed by atoms with van der Waals surface area (Å²) in [6.07, 6.45) is 4.42. The number of carbonyl (C=O) groups excluding carboxylic acids is 2. The van der Waals surface area contributed by atoms with E-state index in [0.717, 1.165) is 144 Å². The number of alkyl halides is 6. The van der Waals surface area contributed by atoms with Crippen molar-refractivity contribution in [1.29, 1.82) is 0 Å². The average molecular weight is 1670 g/mol. The van der Waals surface area contributed by atoms with Gasteiger partial charge in [-0.25, -0.2) is 9.18 Å². The summed E-state index contributed by atoms with van der Waals surface area (Å²) < 4.78 is 68.6. The molecule has 10 aromatic rings. The molecule has 5 N–H and O–H groups in total. The lowest BCUT2D eigenvalue weighted by Gasteiger charge is -2.48. The SMILES string of the molecule is CN(C)C=O.CN[C@H]1C[C@@H]2O[C@](C)([C@H]1OC)n1c3ccccc3c3c4c(c5c6ccccc6n2c5c31)C(=O)NC4.Cc1cc(O)cc(C)c1Cl.ClC1C(Cl)C(Cl)C(Cl)C(Cl)C1Cl.O=C(O)c1cn(C2CC2)c2cc(N3CCNCC3)c(F)cc2c1=O.c1cc2c(cc1[C@H]1OC[C@H]3[C@@H]1CO[C@@H]3c1ccc3c(c1)OCO3)OCO2. The van der Waals surface area contributed by atoms with Gasteiger partial charge in [0.15, 0.2) is 28.7 Å². The minimum Gasteiger partial charge on any atom is -0.508 e. The maximum absolute atomic E-state index is 14.6. The predicted molar refractivity (Wildman–Crippen MR) is 434 cm³/mol. The van der Waals surface area contributed by atoms with Crippen molar-refractivity contribution in [2.24, 2.45) is 11.8 Å². The number of nitrogens with one attached hydrogen (secondary N) is 3. The summed E-state index contributed by atoms with van der Waals surface area (Å²) in [6.45, 7) is 11.3. The Morgan fingerprint density at radius 2 is 1.25 bits per heavy atom. The van der Waals surface area contributed by atoms with Gasteiger partial charge in [0.25, 0.3) is 5.91 Å². The largest absolute Gasteiger partial charge is 0.508 e. The van der Waals surface area contributed by atoms with Gasteiger partial charge in [0.2, 0.25) is 25.4 Å². The van der Waals surface area contributed by atoms with Crippen molar-refractivity contribution in [3.05, 3.63) is 175 Å². The number of carbonyl (C=O) groups is 3. The van der Waals surface area contributed by atoms with Gasteiger partial charge in [-0.05, 0) is 129 Å². The van der Waals surface area contributed by atoms with E-state index in [4.69, 9.17) is 124 Å². The van der Waals surface area contributed by atoms with Crippen molar-refractivity contribution in [1.82, 2.24) is 34.6 Å². The number of aromatic carboxylic acids is 1. The molecule has 592 valence electrons. The molecule has 3 aromatic heterocycles. The van der Waals surface area contributed by atoms with Crippen LogP contribution >= 0.6 is 81.2 Å². The Morgan fingerprint density at radius 3 is 1.78 bits per heavy atom. The number of nitrogens with zero attached hydrogens (tertiary/aromatic N) is 5. The van der Waals surface area contributed by atoms with Gasteiger partial charge < -0.3 is 87.6 Å². The first kappa shape index (κ1) is 79.5. The zero-order chi connectivity index (χ0) is 79.0. The number of hydrogen-bond donors (Lipinski definition) is 5. The highest BCUT2D eigenvalue weighted by Crippen LogP contribution is 2.56. The van der Waals surface area contributed by atoms with Crippen LogP contribution in [0.15, 0.2) is 120 Å². The molecule has 112 heavy (non-hydrogen) atoms. The molecule has 30 heteroatoms. The molecule has 0 radical (unpaired) electrons. The molecule has 0 unspecified atom stereocenters. The van der Waals surface area contributed by atoms with Crippen LogP contribution < -0.4 is 45.2 Å². The fraction of sp³-hybridized carbons (Fsp3) is 0.415. The molecule has 8 aliphatic heterocycles. The van der Waals surface area contributed by atoms with E-state index in [1.54, 1.807) is 39.4 Å². The predicted octanol–water partition coefficient (Wildman–Crippen LogP) is 15.2. The number of aromatic hydroxyl groups is 1. The summed E-state index contributed by atoms with van der Waals surface area (Å²) in [6, 6.07) is 35.4. The summed E-state index contributed by atoms with van der Waals surface area (Å²) in [5.41, 5.74) is 9.74. The molecule has 0 spiro atoms. The number of aryl methyl sites for hydroxylation is 2. The Kier molecular flexibility index (Phi) is 23.1. The molecule has 2 amide bonds. The number of hydrogen-bond acceptors (Lipinski definition) is 16.